The molecule has 4 heterocycles. The molecule has 1 atom stereocenters. The van der Waals surface area contributed by atoms with Crippen molar-refractivity contribution >= 4 is 47.6 Å². The van der Waals surface area contributed by atoms with Crippen LogP contribution in [-0.4, -0.2) is 76.0 Å². The summed E-state index contributed by atoms with van der Waals surface area (Å²) < 4.78 is 7.14. The fraction of sp³-hybridized carbons (Fsp3) is 0.667. The van der Waals surface area contributed by atoms with Crippen LogP contribution in [-0.2, 0) is 16.6 Å². The van der Waals surface area contributed by atoms with Crippen LogP contribution in [0.15, 0.2) is 6.20 Å². The zero-order chi connectivity index (χ0) is 19.0. The van der Waals surface area contributed by atoms with Crippen molar-refractivity contribution in [3.05, 3.63) is 12.0 Å². The Hall–Kier alpha value is -1.68. The minimum absolute atomic E-state index is 0. The minimum Gasteiger partial charge on any atom is -0.381 e. The number of nitrogens with two attached hydrogens (primary N) is 1. The molecule has 2 saturated heterocycles. The summed E-state index contributed by atoms with van der Waals surface area (Å²) in [5.74, 6) is 1.91. The molecule has 11 heteroatoms. The average Bonchev–Trinajstić information content (AvgIpc) is 3.08. The van der Waals surface area contributed by atoms with Crippen molar-refractivity contribution in [3.63, 3.8) is 0 Å². The lowest BCUT2D eigenvalue weighted by Gasteiger charge is -2.38. The number of ether oxygens (including phenoxy) is 1. The van der Waals surface area contributed by atoms with E-state index < -0.39 is 6.04 Å². The van der Waals surface area contributed by atoms with E-state index >= 15 is 0 Å². The number of piperazine rings is 1. The summed E-state index contributed by atoms with van der Waals surface area (Å²) in [6.45, 7) is 6.06. The molecule has 2 aromatic heterocycles. The van der Waals surface area contributed by atoms with Gasteiger partial charge < -0.3 is 20.3 Å². The Morgan fingerprint density at radius 2 is 1.83 bits per heavy atom. The molecule has 9 nitrogen and oxygen atoms in total. The number of hydrogen-bond donors (Lipinski definition) is 1. The van der Waals surface area contributed by atoms with Gasteiger partial charge in [-0.25, -0.2) is 9.97 Å². The minimum atomic E-state index is -0.424. The van der Waals surface area contributed by atoms with Gasteiger partial charge in [0.15, 0.2) is 5.65 Å². The van der Waals surface area contributed by atoms with E-state index in [1.165, 1.54) is 0 Å². The molecule has 4 rings (SSSR count). The number of nitrogens with zero attached hydrogens (tertiary/aromatic N) is 6. The van der Waals surface area contributed by atoms with Crippen LogP contribution in [0.3, 0.4) is 0 Å². The second-order valence-corrected chi connectivity index (χ2v) is 7.39. The van der Waals surface area contributed by atoms with Gasteiger partial charge in [-0.05, 0) is 25.7 Å². The lowest BCUT2D eigenvalue weighted by molar-refractivity contribution is -0.135. The van der Waals surface area contributed by atoms with Crippen molar-refractivity contribution in [2.45, 2.75) is 25.8 Å². The van der Waals surface area contributed by atoms with Gasteiger partial charge in [-0.3, -0.25) is 9.48 Å². The second kappa shape index (κ2) is 9.88. The lowest BCUT2D eigenvalue weighted by atomic mass is 9.91. The van der Waals surface area contributed by atoms with Crippen molar-refractivity contribution in [3.8, 4) is 0 Å². The zero-order valence-electron chi connectivity index (χ0n) is 16.8. The summed E-state index contributed by atoms with van der Waals surface area (Å²) in [7, 11) is 1.88. The van der Waals surface area contributed by atoms with Gasteiger partial charge in [-0.1, -0.05) is 0 Å². The third kappa shape index (κ3) is 4.74. The fourth-order valence-corrected chi connectivity index (χ4v) is 3.98. The van der Waals surface area contributed by atoms with Crippen LogP contribution in [0.1, 0.15) is 18.7 Å². The van der Waals surface area contributed by atoms with Crippen LogP contribution >= 0.6 is 24.8 Å². The second-order valence-electron chi connectivity index (χ2n) is 7.39. The monoisotopic (exact) mass is 445 g/mol. The highest BCUT2D eigenvalue weighted by Crippen LogP contribution is 2.25. The zero-order valence-corrected chi connectivity index (χ0v) is 18.4. The van der Waals surface area contributed by atoms with E-state index in [0.717, 1.165) is 48.6 Å². The van der Waals surface area contributed by atoms with Crippen LogP contribution in [0.25, 0.3) is 11.0 Å². The molecule has 0 bridgehead atoms. The molecular weight excluding hydrogens is 417 g/mol. The predicted octanol–water partition coefficient (Wildman–Crippen LogP) is 0.918. The largest absolute Gasteiger partial charge is 0.381 e. The Kier molecular flexibility index (Phi) is 8.04. The first-order chi connectivity index (χ1) is 13.0. The molecule has 0 saturated carbocycles. The van der Waals surface area contributed by atoms with Crippen molar-refractivity contribution in [2.24, 2.45) is 18.7 Å². The Labute approximate surface area is 182 Å². The van der Waals surface area contributed by atoms with Gasteiger partial charge in [0.1, 0.15) is 11.6 Å². The van der Waals surface area contributed by atoms with Crippen molar-refractivity contribution < 1.29 is 9.53 Å². The Morgan fingerprint density at radius 3 is 2.48 bits per heavy atom. The summed E-state index contributed by atoms with van der Waals surface area (Å²) in [5, 5.41) is 5.25. The smallest absolute Gasteiger partial charge is 0.239 e. The average molecular weight is 446 g/mol. The van der Waals surface area contributed by atoms with E-state index in [9.17, 15) is 4.79 Å². The number of rotatable bonds is 3. The molecule has 0 spiro atoms. The van der Waals surface area contributed by atoms with Crippen molar-refractivity contribution in [2.75, 3.05) is 44.3 Å². The number of halogens is 2. The van der Waals surface area contributed by atoms with Crippen LogP contribution in [0.5, 0.6) is 0 Å². The summed E-state index contributed by atoms with van der Waals surface area (Å²) in [6, 6.07) is -0.424. The molecule has 162 valence electrons. The van der Waals surface area contributed by atoms with Crippen molar-refractivity contribution in [1.82, 2.24) is 24.6 Å². The molecule has 0 radical (unpaired) electrons. The SMILES string of the molecule is Cc1nc(N2CCN(C(=O)C(N)C3CCOCC3)CC2)c2cnn(C)c2n1.Cl.Cl. The molecule has 0 aromatic carbocycles. The van der Waals surface area contributed by atoms with Crippen LogP contribution in [0.4, 0.5) is 5.82 Å². The topological polar surface area (TPSA) is 102 Å². The Morgan fingerprint density at radius 1 is 1.17 bits per heavy atom. The number of hydrogen-bond acceptors (Lipinski definition) is 7. The standard InChI is InChI=1S/C18H27N7O2.2ClH/c1-12-21-16-14(11-20-23(16)2)17(22-12)24-5-7-25(8-6-24)18(26)15(19)13-3-9-27-10-4-13;;/h11,13,15H,3-10,19H2,1-2H3;2*1H. The van der Waals surface area contributed by atoms with E-state index in [-0.39, 0.29) is 36.6 Å². The summed E-state index contributed by atoms with van der Waals surface area (Å²) in [4.78, 5) is 26.0. The van der Waals surface area contributed by atoms with Crippen LogP contribution < -0.4 is 10.6 Å². The summed E-state index contributed by atoms with van der Waals surface area (Å²) in [5.41, 5.74) is 7.10. The fourth-order valence-electron chi connectivity index (χ4n) is 3.98. The number of anilines is 1. The van der Waals surface area contributed by atoms with E-state index in [0.29, 0.717) is 26.3 Å². The van der Waals surface area contributed by atoms with Gasteiger partial charge in [0.2, 0.25) is 5.91 Å². The summed E-state index contributed by atoms with van der Waals surface area (Å²) >= 11 is 0. The van der Waals surface area contributed by atoms with Crippen LogP contribution in [0.2, 0.25) is 0 Å². The molecule has 2 aliphatic heterocycles. The third-order valence-electron chi connectivity index (χ3n) is 5.63. The first kappa shape index (κ1) is 23.6. The van der Waals surface area contributed by atoms with Gasteiger partial charge in [0, 0.05) is 46.4 Å². The normalized spacial score (nSPS) is 18.9. The van der Waals surface area contributed by atoms with E-state index in [2.05, 4.69) is 20.0 Å². The van der Waals surface area contributed by atoms with Gasteiger partial charge in [-0.15, -0.1) is 24.8 Å². The maximum absolute atomic E-state index is 12.8. The number of aromatic nitrogens is 4. The molecular formula is C18H29Cl2N7O2. The maximum Gasteiger partial charge on any atom is 0.239 e. The molecule has 1 amide bonds. The Bertz CT molecular complexity index is 833. The molecule has 2 N–H and O–H groups in total. The highest BCUT2D eigenvalue weighted by molar-refractivity contribution is 5.87. The van der Waals surface area contributed by atoms with Gasteiger partial charge >= 0.3 is 0 Å². The van der Waals surface area contributed by atoms with E-state index in [1.54, 1.807) is 4.68 Å². The van der Waals surface area contributed by atoms with Gasteiger partial charge in [0.25, 0.3) is 0 Å². The van der Waals surface area contributed by atoms with Gasteiger partial charge in [0.05, 0.1) is 17.6 Å². The summed E-state index contributed by atoms with van der Waals surface area (Å²) in [6.07, 6.45) is 3.54. The number of fused-ring (bicyclic) bond motifs is 1. The highest BCUT2D eigenvalue weighted by atomic mass is 35.5. The molecule has 29 heavy (non-hydrogen) atoms. The molecule has 0 aliphatic carbocycles. The quantitative estimate of drug-likeness (QED) is 0.748. The lowest BCUT2D eigenvalue weighted by Crippen LogP contribution is -2.55. The number of carbonyl (C=O) groups is 1. The predicted molar refractivity (Wildman–Crippen MR) is 116 cm³/mol. The Balaban J connectivity index is 0.00000150. The molecule has 2 aromatic rings. The maximum atomic E-state index is 12.8. The molecule has 2 aliphatic rings. The van der Waals surface area contributed by atoms with E-state index in [1.807, 2.05) is 25.1 Å². The highest BCUT2D eigenvalue weighted by Gasteiger charge is 2.32. The van der Waals surface area contributed by atoms with E-state index in [4.69, 9.17) is 10.5 Å². The molecule has 2 fully saturated rings. The number of aryl methyl sites for hydroxylation is 2. The van der Waals surface area contributed by atoms with Crippen LogP contribution in [0, 0.1) is 12.8 Å². The van der Waals surface area contributed by atoms with Gasteiger partial charge in [-0.2, -0.15) is 5.10 Å². The number of carbonyl (C=O) groups excluding carboxylic acids is 1. The van der Waals surface area contributed by atoms with Crippen molar-refractivity contribution in [1.29, 1.82) is 0 Å². The number of amides is 1. The first-order valence-corrected chi connectivity index (χ1v) is 9.58. The third-order valence-corrected chi connectivity index (χ3v) is 5.63. The molecule has 1 unspecified atom stereocenters. The first-order valence-electron chi connectivity index (χ1n) is 9.58.